The Hall–Kier alpha value is 1.38. The van der Waals surface area contributed by atoms with Gasteiger partial charge in [-0.15, -0.1) is 0 Å². The number of unbranched alkanes of at least 4 members (excludes halogenated alkanes) is 3. The third kappa shape index (κ3) is 7.18. The molecule has 0 saturated carbocycles. The first-order valence-corrected chi connectivity index (χ1v) is 19.3. The number of rotatable bonds is 12. The molecule has 1 aliphatic rings. The van der Waals surface area contributed by atoms with Crippen LogP contribution in [-0.4, -0.2) is 27.1 Å². The SMILES string of the molecule is CCCCC1(CCCC)CC[CH2][Sn]([CH2]CCC)([CH](Cl)CC(C)Cl)[CH2]1. The van der Waals surface area contributed by atoms with Gasteiger partial charge in [0, 0.05) is 0 Å². The van der Waals surface area contributed by atoms with Gasteiger partial charge in [0.15, 0.2) is 0 Å². The Labute approximate surface area is 166 Å². The van der Waals surface area contributed by atoms with Gasteiger partial charge < -0.3 is 0 Å². The van der Waals surface area contributed by atoms with Gasteiger partial charge in [-0.25, -0.2) is 0 Å². The van der Waals surface area contributed by atoms with Gasteiger partial charge >= 0.3 is 167 Å². The Morgan fingerprint density at radius 1 is 0.958 bits per heavy atom. The molecule has 0 nitrogen and oxygen atoms in total. The molecule has 0 bridgehead atoms. The fourth-order valence-electron chi connectivity index (χ4n) is 5.10. The van der Waals surface area contributed by atoms with Crippen LogP contribution in [0.15, 0.2) is 0 Å². The first kappa shape index (κ1) is 23.4. The third-order valence-electron chi connectivity index (χ3n) is 6.45. The molecule has 0 aromatic rings. The van der Waals surface area contributed by atoms with Crippen molar-refractivity contribution in [3.63, 3.8) is 0 Å². The first-order chi connectivity index (χ1) is 11.4. The van der Waals surface area contributed by atoms with Crippen LogP contribution in [0.5, 0.6) is 0 Å². The van der Waals surface area contributed by atoms with E-state index in [1.54, 1.807) is 4.44 Å². The van der Waals surface area contributed by atoms with E-state index in [2.05, 4.69) is 27.7 Å². The van der Waals surface area contributed by atoms with Crippen molar-refractivity contribution in [2.45, 2.75) is 120 Å². The molecule has 0 aromatic carbocycles. The Morgan fingerprint density at radius 2 is 1.54 bits per heavy atom. The maximum atomic E-state index is 7.15. The van der Waals surface area contributed by atoms with E-state index in [9.17, 15) is 0 Å². The average Bonchev–Trinajstić information content (AvgIpc) is 2.56. The summed E-state index contributed by atoms with van der Waals surface area (Å²) in [7, 11) is 0. The molecule has 3 atom stereocenters. The maximum absolute atomic E-state index is 7.15. The molecular formula is C21H42Cl2Sn. The molecular weight excluding hydrogens is 442 g/mol. The molecule has 24 heavy (non-hydrogen) atoms. The van der Waals surface area contributed by atoms with Crippen LogP contribution >= 0.6 is 23.2 Å². The van der Waals surface area contributed by atoms with E-state index < -0.39 is 18.4 Å². The zero-order valence-electron chi connectivity index (χ0n) is 16.8. The van der Waals surface area contributed by atoms with Crippen molar-refractivity contribution in [2.24, 2.45) is 5.41 Å². The van der Waals surface area contributed by atoms with E-state index >= 15 is 0 Å². The second-order valence-electron chi connectivity index (χ2n) is 8.69. The van der Waals surface area contributed by atoms with E-state index in [1.165, 1.54) is 73.1 Å². The number of halogens is 2. The predicted molar refractivity (Wildman–Crippen MR) is 115 cm³/mol. The first-order valence-electron chi connectivity index (χ1n) is 10.7. The van der Waals surface area contributed by atoms with E-state index in [0.717, 1.165) is 6.42 Å². The molecule has 1 aliphatic heterocycles. The molecule has 3 unspecified atom stereocenters. The molecule has 0 aliphatic carbocycles. The summed E-state index contributed by atoms with van der Waals surface area (Å²) in [6.07, 6.45) is 15.2. The Balaban J connectivity index is 2.98. The molecule has 0 amide bonds. The van der Waals surface area contributed by atoms with Crippen molar-refractivity contribution in [2.75, 3.05) is 0 Å². The summed E-state index contributed by atoms with van der Waals surface area (Å²) in [4.78, 5) is 0. The van der Waals surface area contributed by atoms with Crippen LogP contribution in [0.2, 0.25) is 13.3 Å². The van der Waals surface area contributed by atoms with Crippen LogP contribution in [0.1, 0.15) is 98.3 Å². The molecule has 1 heterocycles. The third-order valence-corrected chi connectivity index (χ3v) is 26.2. The minimum absolute atomic E-state index is 0.241. The molecule has 0 radical (unpaired) electrons. The van der Waals surface area contributed by atoms with Gasteiger partial charge in [-0.3, -0.25) is 0 Å². The van der Waals surface area contributed by atoms with Crippen molar-refractivity contribution in [1.29, 1.82) is 0 Å². The summed E-state index contributed by atoms with van der Waals surface area (Å²) < 4.78 is 5.08. The van der Waals surface area contributed by atoms with Gasteiger partial charge in [0.2, 0.25) is 0 Å². The standard InChI is InChI=1S/C13H26.C4H7Cl2.C4H9.Sn/c1-5-8-11-13(4,10-7-3)12-9-6-2;1-4(6)2-3-5;1-3-4-2;/h3-12H2,1-2H3;3-4H,2H2,1H3;1,3-4H2,2H3;. The van der Waals surface area contributed by atoms with Gasteiger partial charge in [0.25, 0.3) is 0 Å². The van der Waals surface area contributed by atoms with E-state index in [4.69, 9.17) is 23.2 Å². The summed E-state index contributed by atoms with van der Waals surface area (Å²) >= 11 is 11.2. The summed E-state index contributed by atoms with van der Waals surface area (Å²) in [6.45, 7) is 9.19. The molecule has 1 rings (SSSR count). The monoisotopic (exact) mass is 484 g/mol. The van der Waals surface area contributed by atoms with Crippen molar-refractivity contribution < 1.29 is 0 Å². The molecule has 0 aromatic heterocycles. The summed E-state index contributed by atoms with van der Waals surface area (Å²) in [5.74, 6) is 0. The van der Waals surface area contributed by atoms with Crippen LogP contribution in [-0.2, 0) is 0 Å². The van der Waals surface area contributed by atoms with Crippen LogP contribution in [0.25, 0.3) is 0 Å². The van der Waals surface area contributed by atoms with Crippen LogP contribution in [0.4, 0.5) is 0 Å². The molecule has 1 saturated heterocycles. The quantitative estimate of drug-likeness (QED) is 0.192. The van der Waals surface area contributed by atoms with Crippen molar-refractivity contribution >= 4 is 41.6 Å². The molecule has 0 spiro atoms. The second kappa shape index (κ2) is 12.0. The summed E-state index contributed by atoms with van der Waals surface area (Å²) in [5, 5.41) is 0.241. The second-order valence-corrected chi connectivity index (χ2v) is 24.6. The predicted octanol–water partition coefficient (Wildman–Crippen LogP) is 8.56. The topological polar surface area (TPSA) is 0 Å². The van der Waals surface area contributed by atoms with Gasteiger partial charge in [-0.2, -0.15) is 0 Å². The fraction of sp³-hybridized carbons (Fsp3) is 1.00. The molecule has 0 N–H and O–H groups in total. The zero-order chi connectivity index (χ0) is 18.1. The zero-order valence-corrected chi connectivity index (χ0v) is 21.2. The van der Waals surface area contributed by atoms with Gasteiger partial charge in [-0.1, -0.05) is 0 Å². The number of alkyl halides is 2. The van der Waals surface area contributed by atoms with Gasteiger partial charge in [-0.05, 0) is 0 Å². The average molecular weight is 484 g/mol. The molecule has 144 valence electrons. The van der Waals surface area contributed by atoms with E-state index in [1.807, 2.05) is 0 Å². The Kier molecular flexibility index (Phi) is 11.7. The van der Waals surface area contributed by atoms with E-state index in [0.29, 0.717) is 8.81 Å². The van der Waals surface area contributed by atoms with E-state index in [-0.39, 0.29) is 5.38 Å². The van der Waals surface area contributed by atoms with Crippen molar-refractivity contribution in [3.8, 4) is 0 Å². The Bertz CT molecular complexity index is 324. The fourth-order valence-corrected chi connectivity index (χ4v) is 25.9. The van der Waals surface area contributed by atoms with Crippen LogP contribution < -0.4 is 0 Å². The normalized spacial score (nSPS) is 26.2. The van der Waals surface area contributed by atoms with Crippen molar-refractivity contribution in [1.82, 2.24) is 0 Å². The number of hydrogen-bond donors (Lipinski definition) is 0. The Morgan fingerprint density at radius 3 is 2.04 bits per heavy atom. The number of hydrogen-bond acceptors (Lipinski definition) is 0. The summed E-state index contributed by atoms with van der Waals surface area (Å²) in [5.41, 5.74) is 0.650. The minimum atomic E-state index is -2.32. The summed E-state index contributed by atoms with van der Waals surface area (Å²) in [6, 6.07) is 0. The van der Waals surface area contributed by atoms with Crippen LogP contribution in [0, 0.1) is 5.41 Å². The molecule has 3 heteroatoms. The van der Waals surface area contributed by atoms with Crippen LogP contribution in [0.3, 0.4) is 0 Å². The van der Waals surface area contributed by atoms with Crippen molar-refractivity contribution in [3.05, 3.63) is 0 Å². The molecule has 1 fully saturated rings. The van der Waals surface area contributed by atoms with Gasteiger partial charge in [0.05, 0.1) is 0 Å². The van der Waals surface area contributed by atoms with Gasteiger partial charge in [0.1, 0.15) is 0 Å².